The third-order valence-electron chi connectivity index (χ3n) is 2.92. The fourth-order valence-corrected chi connectivity index (χ4v) is 3.25. The van der Waals surface area contributed by atoms with Crippen LogP contribution < -0.4 is 5.32 Å². The molecule has 2 aromatic heterocycles. The summed E-state index contributed by atoms with van der Waals surface area (Å²) in [7, 11) is 0. The van der Waals surface area contributed by atoms with Crippen molar-refractivity contribution in [1.82, 2.24) is 9.97 Å². The number of rotatable bonds is 3. The maximum atomic E-state index is 12.1. The van der Waals surface area contributed by atoms with Gasteiger partial charge < -0.3 is 0 Å². The molecular weight excluding hydrogens is 377 g/mol. The summed E-state index contributed by atoms with van der Waals surface area (Å²) in [5, 5.41) is 6.30. The lowest BCUT2D eigenvalue weighted by molar-refractivity contribution is 0.102. The van der Waals surface area contributed by atoms with Gasteiger partial charge in [0.25, 0.3) is 5.91 Å². The monoisotopic (exact) mass is 383 g/mol. The normalized spacial score (nSPS) is 10.6. The van der Waals surface area contributed by atoms with Crippen LogP contribution in [0.15, 0.2) is 41.9 Å². The average Bonchev–Trinajstić information content (AvgIpc) is 2.95. The SMILES string of the molecule is O=C(Nc1nc(-c2ccc(Cl)cc2Cl)cs1)c1ccnc(Cl)c1. The van der Waals surface area contributed by atoms with Crippen molar-refractivity contribution in [2.24, 2.45) is 0 Å². The van der Waals surface area contributed by atoms with E-state index in [-0.39, 0.29) is 11.1 Å². The van der Waals surface area contributed by atoms with E-state index in [2.05, 4.69) is 15.3 Å². The zero-order valence-electron chi connectivity index (χ0n) is 11.4. The predicted molar refractivity (Wildman–Crippen MR) is 94.8 cm³/mol. The molecule has 0 spiro atoms. The molecule has 116 valence electrons. The number of halogens is 3. The highest BCUT2D eigenvalue weighted by Crippen LogP contribution is 2.32. The molecule has 0 atom stereocenters. The minimum atomic E-state index is -0.308. The molecular formula is C15H8Cl3N3OS. The van der Waals surface area contributed by atoms with Crippen LogP contribution in [0.5, 0.6) is 0 Å². The summed E-state index contributed by atoms with van der Waals surface area (Å²) < 4.78 is 0. The summed E-state index contributed by atoms with van der Waals surface area (Å²) in [6, 6.07) is 8.23. The van der Waals surface area contributed by atoms with Gasteiger partial charge >= 0.3 is 0 Å². The Morgan fingerprint density at radius 2 is 1.96 bits per heavy atom. The van der Waals surface area contributed by atoms with E-state index < -0.39 is 0 Å². The van der Waals surface area contributed by atoms with Crippen molar-refractivity contribution in [3.63, 3.8) is 0 Å². The zero-order chi connectivity index (χ0) is 16.4. The maximum Gasteiger partial charge on any atom is 0.257 e. The van der Waals surface area contributed by atoms with Gasteiger partial charge in [-0.05, 0) is 30.3 Å². The molecule has 3 rings (SSSR count). The Morgan fingerprint density at radius 3 is 2.70 bits per heavy atom. The van der Waals surface area contributed by atoms with Crippen molar-refractivity contribution in [2.45, 2.75) is 0 Å². The number of nitrogens with zero attached hydrogens (tertiary/aromatic N) is 2. The predicted octanol–water partition coefficient (Wildman–Crippen LogP) is 5.42. The minimum absolute atomic E-state index is 0.255. The number of carbonyl (C=O) groups is 1. The number of hydrogen-bond donors (Lipinski definition) is 1. The van der Waals surface area contributed by atoms with E-state index in [9.17, 15) is 4.79 Å². The van der Waals surface area contributed by atoms with Gasteiger partial charge in [-0.15, -0.1) is 11.3 Å². The van der Waals surface area contributed by atoms with Crippen LogP contribution in [0.4, 0.5) is 5.13 Å². The van der Waals surface area contributed by atoms with Crippen LogP contribution >= 0.6 is 46.1 Å². The van der Waals surface area contributed by atoms with Crippen molar-refractivity contribution in [3.05, 3.63) is 62.7 Å². The Morgan fingerprint density at radius 1 is 1.13 bits per heavy atom. The Kier molecular flexibility index (Phi) is 4.82. The average molecular weight is 385 g/mol. The standard InChI is InChI=1S/C15H8Cl3N3OS/c16-9-1-2-10(11(17)6-9)12-7-23-15(20-12)21-14(22)8-3-4-19-13(18)5-8/h1-7H,(H,20,21,22). The van der Waals surface area contributed by atoms with Crippen LogP contribution in [0, 0.1) is 0 Å². The Labute approximate surface area is 151 Å². The number of benzene rings is 1. The van der Waals surface area contributed by atoms with Crippen molar-refractivity contribution in [2.75, 3.05) is 5.32 Å². The van der Waals surface area contributed by atoms with Crippen LogP contribution in [0.25, 0.3) is 11.3 Å². The lowest BCUT2D eigenvalue weighted by Crippen LogP contribution is -2.11. The first-order valence-corrected chi connectivity index (χ1v) is 8.38. The number of pyridine rings is 1. The molecule has 8 heteroatoms. The third-order valence-corrected chi connectivity index (χ3v) is 4.43. The molecule has 0 saturated carbocycles. The van der Waals surface area contributed by atoms with Gasteiger partial charge in [0.15, 0.2) is 5.13 Å². The molecule has 1 aromatic carbocycles. The fraction of sp³-hybridized carbons (Fsp3) is 0. The quantitative estimate of drug-likeness (QED) is 0.614. The van der Waals surface area contributed by atoms with Gasteiger partial charge in [-0.1, -0.05) is 34.8 Å². The Hall–Kier alpha value is -1.66. The molecule has 2 heterocycles. The molecule has 3 aromatic rings. The van der Waals surface area contributed by atoms with E-state index in [0.29, 0.717) is 26.4 Å². The van der Waals surface area contributed by atoms with Gasteiger partial charge in [0.2, 0.25) is 0 Å². The molecule has 0 aliphatic rings. The first-order valence-electron chi connectivity index (χ1n) is 6.37. The van der Waals surface area contributed by atoms with Gasteiger partial charge in [-0.3, -0.25) is 10.1 Å². The van der Waals surface area contributed by atoms with E-state index in [1.54, 1.807) is 24.3 Å². The molecule has 0 aliphatic carbocycles. The molecule has 0 radical (unpaired) electrons. The van der Waals surface area contributed by atoms with E-state index >= 15 is 0 Å². The van der Waals surface area contributed by atoms with Crippen molar-refractivity contribution < 1.29 is 4.79 Å². The highest BCUT2D eigenvalue weighted by Gasteiger charge is 2.12. The summed E-state index contributed by atoms with van der Waals surface area (Å²) in [5.41, 5.74) is 1.82. The summed E-state index contributed by atoms with van der Waals surface area (Å²) in [5.74, 6) is -0.308. The minimum Gasteiger partial charge on any atom is -0.298 e. The maximum absolute atomic E-state index is 12.1. The summed E-state index contributed by atoms with van der Waals surface area (Å²) >= 11 is 19.1. The number of carbonyl (C=O) groups excluding carboxylic acids is 1. The largest absolute Gasteiger partial charge is 0.298 e. The Bertz CT molecular complexity index is 882. The lowest BCUT2D eigenvalue weighted by Gasteiger charge is -2.02. The molecule has 1 N–H and O–H groups in total. The van der Waals surface area contributed by atoms with Crippen molar-refractivity contribution in [3.8, 4) is 11.3 Å². The number of aromatic nitrogens is 2. The van der Waals surface area contributed by atoms with Crippen LogP contribution in [-0.4, -0.2) is 15.9 Å². The highest BCUT2D eigenvalue weighted by atomic mass is 35.5. The smallest absolute Gasteiger partial charge is 0.257 e. The van der Waals surface area contributed by atoms with Gasteiger partial charge in [-0.2, -0.15) is 0 Å². The molecule has 0 aliphatic heterocycles. The van der Waals surface area contributed by atoms with E-state index in [1.165, 1.54) is 23.6 Å². The second kappa shape index (κ2) is 6.84. The van der Waals surface area contributed by atoms with E-state index in [0.717, 1.165) is 5.56 Å². The first kappa shape index (κ1) is 16.2. The van der Waals surface area contributed by atoms with Gasteiger partial charge in [0, 0.05) is 27.7 Å². The number of thiazole rings is 1. The van der Waals surface area contributed by atoms with Crippen molar-refractivity contribution >= 4 is 57.2 Å². The third kappa shape index (κ3) is 3.82. The zero-order valence-corrected chi connectivity index (χ0v) is 14.5. The molecule has 0 bridgehead atoms. The van der Waals surface area contributed by atoms with E-state index in [1.807, 2.05) is 5.38 Å². The van der Waals surface area contributed by atoms with Crippen LogP contribution in [-0.2, 0) is 0 Å². The Balaban J connectivity index is 1.81. The van der Waals surface area contributed by atoms with Crippen LogP contribution in [0.1, 0.15) is 10.4 Å². The molecule has 0 saturated heterocycles. The number of amides is 1. The van der Waals surface area contributed by atoms with E-state index in [4.69, 9.17) is 34.8 Å². The summed E-state index contributed by atoms with van der Waals surface area (Å²) in [6.07, 6.45) is 1.47. The first-order chi connectivity index (χ1) is 11.0. The topological polar surface area (TPSA) is 54.9 Å². The molecule has 1 amide bonds. The van der Waals surface area contributed by atoms with Gasteiger partial charge in [0.05, 0.1) is 10.7 Å². The molecule has 0 unspecified atom stereocenters. The fourth-order valence-electron chi connectivity index (χ4n) is 1.87. The summed E-state index contributed by atoms with van der Waals surface area (Å²) in [6.45, 7) is 0. The van der Waals surface area contributed by atoms with Crippen LogP contribution in [0.3, 0.4) is 0 Å². The second-order valence-electron chi connectivity index (χ2n) is 4.48. The van der Waals surface area contributed by atoms with Gasteiger partial charge in [-0.25, -0.2) is 9.97 Å². The number of nitrogens with one attached hydrogen (secondary N) is 1. The number of anilines is 1. The second-order valence-corrected chi connectivity index (χ2v) is 6.57. The summed E-state index contributed by atoms with van der Waals surface area (Å²) in [4.78, 5) is 20.4. The highest BCUT2D eigenvalue weighted by molar-refractivity contribution is 7.14. The molecule has 0 fully saturated rings. The van der Waals surface area contributed by atoms with Crippen LogP contribution in [0.2, 0.25) is 15.2 Å². The number of hydrogen-bond acceptors (Lipinski definition) is 4. The van der Waals surface area contributed by atoms with Crippen molar-refractivity contribution in [1.29, 1.82) is 0 Å². The molecule has 4 nitrogen and oxygen atoms in total. The lowest BCUT2D eigenvalue weighted by atomic mass is 10.2. The molecule has 23 heavy (non-hydrogen) atoms. The van der Waals surface area contributed by atoms with Gasteiger partial charge in [0.1, 0.15) is 5.15 Å².